The van der Waals surface area contributed by atoms with Crippen molar-refractivity contribution in [2.24, 2.45) is 0 Å². The van der Waals surface area contributed by atoms with Crippen LogP contribution in [-0.4, -0.2) is 47.8 Å². The minimum absolute atomic E-state index is 0.0274. The summed E-state index contributed by atoms with van der Waals surface area (Å²) in [6, 6.07) is 7.46. The van der Waals surface area contributed by atoms with Crippen LogP contribution < -0.4 is 15.0 Å². The van der Waals surface area contributed by atoms with E-state index in [1.807, 2.05) is 26.0 Å². The standard InChI is InChI=1S/C20H26N4O3/c1-14(2)27-17-5-4-8-21-19(17)20(25)23-12-16-6-7-18(22-11-16)24-9-10-26-15(3)13-24/h4-8,11,14-15H,9-10,12-13H2,1-3H3,(H,23,25). The first kappa shape index (κ1) is 19.1. The van der Waals surface area contributed by atoms with Gasteiger partial charge < -0.3 is 19.7 Å². The monoisotopic (exact) mass is 370 g/mol. The first-order valence-corrected chi connectivity index (χ1v) is 9.24. The molecule has 0 spiro atoms. The van der Waals surface area contributed by atoms with Gasteiger partial charge in [-0.2, -0.15) is 0 Å². The lowest BCUT2D eigenvalue weighted by Crippen LogP contribution is -2.41. The second-order valence-corrected chi connectivity index (χ2v) is 6.85. The Labute approximate surface area is 159 Å². The molecule has 0 radical (unpaired) electrons. The highest BCUT2D eigenvalue weighted by molar-refractivity contribution is 5.94. The van der Waals surface area contributed by atoms with E-state index in [0.717, 1.165) is 24.5 Å². The Kier molecular flexibility index (Phi) is 6.24. The second kappa shape index (κ2) is 8.81. The van der Waals surface area contributed by atoms with Gasteiger partial charge in [0.05, 0.1) is 18.8 Å². The third-order valence-corrected chi connectivity index (χ3v) is 4.18. The maximum absolute atomic E-state index is 12.5. The molecule has 0 bridgehead atoms. The summed E-state index contributed by atoms with van der Waals surface area (Å²) in [5.74, 6) is 1.15. The Morgan fingerprint density at radius 3 is 2.93 bits per heavy atom. The third-order valence-electron chi connectivity index (χ3n) is 4.18. The fourth-order valence-electron chi connectivity index (χ4n) is 2.91. The van der Waals surface area contributed by atoms with Crippen molar-refractivity contribution in [2.75, 3.05) is 24.6 Å². The minimum atomic E-state index is -0.266. The van der Waals surface area contributed by atoms with Crippen molar-refractivity contribution in [3.8, 4) is 5.75 Å². The number of carbonyl (C=O) groups excluding carboxylic acids is 1. The molecule has 27 heavy (non-hydrogen) atoms. The number of aromatic nitrogens is 2. The van der Waals surface area contributed by atoms with E-state index in [-0.39, 0.29) is 23.8 Å². The molecule has 0 aromatic carbocycles. The molecule has 1 aliphatic rings. The van der Waals surface area contributed by atoms with Gasteiger partial charge in [-0.15, -0.1) is 0 Å². The van der Waals surface area contributed by atoms with E-state index < -0.39 is 0 Å². The molecule has 2 aromatic rings. The van der Waals surface area contributed by atoms with Crippen LogP contribution >= 0.6 is 0 Å². The van der Waals surface area contributed by atoms with Gasteiger partial charge in [0.2, 0.25) is 0 Å². The Morgan fingerprint density at radius 1 is 1.37 bits per heavy atom. The maximum atomic E-state index is 12.5. The summed E-state index contributed by atoms with van der Waals surface area (Å²) in [4.78, 5) is 23.4. The van der Waals surface area contributed by atoms with Crippen LogP contribution in [0.1, 0.15) is 36.8 Å². The summed E-state index contributed by atoms with van der Waals surface area (Å²) in [5, 5.41) is 2.88. The number of ether oxygens (including phenoxy) is 2. The zero-order valence-electron chi connectivity index (χ0n) is 16.0. The first-order valence-electron chi connectivity index (χ1n) is 9.24. The summed E-state index contributed by atoms with van der Waals surface area (Å²) >= 11 is 0. The number of hydrogen-bond acceptors (Lipinski definition) is 6. The van der Waals surface area contributed by atoms with Gasteiger partial charge >= 0.3 is 0 Å². The number of nitrogens with zero attached hydrogens (tertiary/aromatic N) is 3. The smallest absolute Gasteiger partial charge is 0.274 e. The van der Waals surface area contributed by atoms with Crippen LogP contribution in [0.2, 0.25) is 0 Å². The molecular formula is C20H26N4O3. The number of hydrogen-bond donors (Lipinski definition) is 1. The molecule has 144 valence electrons. The Morgan fingerprint density at radius 2 is 2.22 bits per heavy atom. The Hall–Kier alpha value is -2.67. The van der Waals surface area contributed by atoms with Crippen molar-refractivity contribution >= 4 is 11.7 Å². The number of pyridine rings is 2. The molecular weight excluding hydrogens is 344 g/mol. The van der Waals surface area contributed by atoms with Crippen LogP contribution in [0.4, 0.5) is 5.82 Å². The van der Waals surface area contributed by atoms with E-state index in [0.29, 0.717) is 18.9 Å². The van der Waals surface area contributed by atoms with Gasteiger partial charge in [-0.05, 0) is 44.5 Å². The topological polar surface area (TPSA) is 76.6 Å². The summed E-state index contributed by atoms with van der Waals surface area (Å²) in [6.07, 6.45) is 3.56. The van der Waals surface area contributed by atoms with Crippen molar-refractivity contribution in [1.82, 2.24) is 15.3 Å². The van der Waals surface area contributed by atoms with E-state index in [2.05, 4.69) is 27.1 Å². The zero-order valence-corrected chi connectivity index (χ0v) is 16.0. The van der Waals surface area contributed by atoms with E-state index in [9.17, 15) is 4.79 Å². The molecule has 3 heterocycles. The molecule has 1 unspecified atom stereocenters. The molecule has 0 aliphatic carbocycles. The number of carbonyl (C=O) groups is 1. The highest BCUT2D eigenvalue weighted by Crippen LogP contribution is 2.18. The SMILES string of the molecule is CC(C)Oc1cccnc1C(=O)NCc1ccc(N2CCOC(C)C2)nc1. The van der Waals surface area contributed by atoms with E-state index in [1.54, 1.807) is 24.5 Å². The van der Waals surface area contributed by atoms with E-state index in [4.69, 9.17) is 9.47 Å². The lowest BCUT2D eigenvalue weighted by Gasteiger charge is -2.32. The number of nitrogens with one attached hydrogen (secondary N) is 1. The minimum Gasteiger partial charge on any atom is -0.489 e. The van der Waals surface area contributed by atoms with Gasteiger partial charge in [-0.25, -0.2) is 9.97 Å². The summed E-state index contributed by atoms with van der Waals surface area (Å²) in [5.41, 5.74) is 1.22. The van der Waals surface area contributed by atoms with Crippen LogP contribution in [-0.2, 0) is 11.3 Å². The van der Waals surface area contributed by atoms with Crippen molar-refractivity contribution in [2.45, 2.75) is 39.5 Å². The predicted molar refractivity (Wildman–Crippen MR) is 103 cm³/mol. The largest absolute Gasteiger partial charge is 0.489 e. The average Bonchev–Trinajstić information content (AvgIpc) is 2.66. The molecule has 1 amide bonds. The van der Waals surface area contributed by atoms with Crippen molar-refractivity contribution in [3.05, 3.63) is 47.9 Å². The highest BCUT2D eigenvalue weighted by atomic mass is 16.5. The van der Waals surface area contributed by atoms with Gasteiger partial charge in [-0.3, -0.25) is 4.79 Å². The molecule has 0 saturated carbocycles. The van der Waals surface area contributed by atoms with Crippen LogP contribution in [0.15, 0.2) is 36.7 Å². The fraction of sp³-hybridized carbons (Fsp3) is 0.450. The number of morpholine rings is 1. The molecule has 1 N–H and O–H groups in total. The average molecular weight is 370 g/mol. The van der Waals surface area contributed by atoms with E-state index >= 15 is 0 Å². The molecule has 7 nitrogen and oxygen atoms in total. The number of anilines is 1. The normalized spacial score (nSPS) is 17.0. The summed E-state index contributed by atoms with van der Waals surface area (Å²) in [7, 11) is 0. The molecule has 2 aromatic heterocycles. The first-order chi connectivity index (χ1) is 13.0. The predicted octanol–water partition coefficient (Wildman–Crippen LogP) is 2.42. The van der Waals surface area contributed by atoms with E-state index in [1.165, 1.54) is 0 Å². The zero-order chi connectivity index (χ0) is 19.2. The Balaban J connectivity index is 1.59. The van der Waals surface area contributed by atoms with Gasteiger partial charge in [-0.1, -0.05) is 6.07 Å². The van der Waals surface area contributed by atoms with Crippen LogP contribution in [0.3, 0.4) is 0 Å². The van der Waals surface area contributed by atoms with Crippen LogP contribution in [0.5, 0.6) is 5.75 Å². The number of rotatable bonds is 6. The van der Waals surface area contributed by atoms with Crippen LogP contribution in [0, 0.1) is 0 Å². The summed E-state index contributed by atoms with van der Waals surface area (Å²) < 4.78 is 11.2. The van der Waals surface area contributed by atoms with Crippen LogP contribution in [0.25, 0.3) is 0 Å². The van der Waals surface area contributed by atoms with Gasteiger partial charge in [0.1, 0.15) is 5.82 Å². The lowest BCUT2D eigenvalue weighted by molar-refractivity contribution is 0.0529. The molecule has 1 aliphatic heterocycles. The highest BCUT2D eigenvalue weighted by Gasteiger charge is 2.18. The van der Waals surface area contributed by atoms with Gasteiger partial charge in [0.15, 0.2) is 11.4 Å². The maximum Gasteiger partial charge on any atom is 0.274 e. The molecule has 1 atom stereocenters. The molecule has 1 saturated heterocycles. The quantitative estimate of drug-likeness (QED) is 0.842. The van der Waals surface area contributed by atoms with Crippen molar-refractivity contribution in [3.63, 3.8) is 0 Å². The van der Waals surface area contributed by atoms with Crippen molar-refractivity contribution in [1.29, 1.82) is 0 Å². The van der Waals surface area contributed by atoms with Gasteiger partial charge in [0.25, 0.3) is 5.91 Å². The van der Waals surface area contributed by atoms with Crippen molar-refractivity contribution < 1.29 is 14.3 Å². The molecule has 1 fully saturated rings. The molecule has 7 heteroatoms. The number of amides is 1. The Bertz CT molecular complexity index is 764. The molecule has 3 rings (SSSR count). The van der Waals surface area contributed by atoms with Gasteiger partial charge in [0, 0.05) is 32.0 Å². The fourth-order valence-corrected chi connectivity index (χ4v) is 2.91. The second-order valence-electron chi connectivity index (χ2n) is 6.85. The third kappa shape index (κ3) is 5.17. The lowest BCUT2D eigenvalue weighted by atomic mass is 10.2. The summed E-state index contributed by atoms with van der Waals surface area (Å²) in [6.45, 7) is 8.65.